The number of aromatic nitrogens is 1. The molecule has 19 heavy (non-hydrogen) atoms. The molecule has 0 atom stereocenters. The lowest BCUT2D eigenvalue weighted by molar-refractivity contribution is -0.115. The molecule has 1 heterocycles. The average Bonchev–Trinajstić information content (AvgIpc) is 3.11. The van der Waals surface area contributed by atoms with Crippen LogP contribution in [-0.4, -0.2) is 10.8 Å². The second-order valence-corrected chi connectivity index (χ2v) is 5.66. The Morgan fingerprint density at radius 3 is 2.84 bits per heavy atom. The molecule has 3 rings (SSSR count). The van der Waals surface area contributed by atoms with Gasteiger partial charge in [0.05, 0.1) is 12.1 Å². The van der Waals surface area contributed by atoms with Crippen LogP contribution in [0.15, 0.2) is 47.4 Å². The van der Waals surface area contributed by atoms with Crippen molar-refractivity contribution < 1.29 is 4.79 Å². The van der Waals surface area contributed by atoms with E-state index < -0.39 is 0 Å². The third kappa shape index (κ3) is 2.82. The summed E-state index contributed by atoms with van der Waals surface area (Å²) in [6, 6.07) is 10.1. The molecule has 0 unspecified atom stereocenters. The van der Waals surface area contributed by atoms with Gasteiger partial charge in [0.2, 0.25) is 0 Å². The fraction of sp³-hybridized carbons (Fsp3) is 0.250. The highest BCUT2D eigenvalue weighted by Gasteiger charge is 2.15. The molecular weight excluding hydrogens is 254 g/mol. The smallest absolute Gasteiger partial charge is 0.165 e. The molecule has 2 nitrogen and oxygen atoms in total. The minimum Gasteiger partial charge on any atom is -0.294 e. The van der Waals surface area contributed by atoms with E-state index in [4.69, 9.17) is 0 Å². The highest BCUT2D eigenvalue weighted by molar-refractivity contribution is 7.10. The Bertz CT molecular complexity index is 613. The molecule has 0 spiro atoms. The van der Waals surface area contributed by atoms with Gasteiger partial charge in [0.1, 0.15) is 5.01 Å². The summed E-state index contributed by atoms with van der Waals surface area (Å²) in [4.78, 5) is 16.6. The Balaban J connectivity index is 1.73. The minimum atomic E-state index is 0.242. The number of allylic oxidation sites excluding steroid dienone is 2. The Morgan fingerprint density at radius 2 is 2.11 bits per heavy atom. The summed E-state index contributed by atoms with van der Waals surface area (Å²) in [6.07, 6.45) is 5.63. The molecule has 0 saturated heterocycles. The van der Waals surface area contributed by atoms with E-state index in [0.717, 1.165) is 41.1 Å². The number of rotatable bonds is 4. The first kappa shape index (κ1) is 12.3. The first-order valence-corrected chi connectivity index (χ1v) is 7.43. The molecule has 1 aliphatic carbocycles. The number of thiazole rings is 1. The molecule has 1 aromatic carbocycles. The quantitative estimate of drug-likeness (QED) is 0.838. The fourth-order valence-corrected chi connectivity index (χ4v) is 3.11. The second kappa shape index (κ2) is 5.49. The number of carbonyl (C=O) groups excluding carboxylic acids is 1. The highest BCUT2D eigenvalue weighted by atomic mass is 32.1. The van der Waals surface area contributed by atoms with E-state index in [9.17, 15) is 4.79 Å². The minimum absolute atomic E-state index is 0.242. The number of benzene rings is 1. The summed E-state index contributed by atoms with van der Waals surface area (Å²) in [5, 5.41) is 2.94. The number of Topliss-reactive ketones (excluding diaryl/α,β-unsaturated/α-hetero) is 1. The van der Waals surface area contributed by atoms with Gasteiger partial charge < -0.3 is 0 Å². The van der Waals surface area contributed by atoms with Crippen LogP contribution >= 0.6 is 11.3 Å². The molecule has 0 bridgehead atoms. The average molecular weight is 269 g/mol. The van der Waals surface area contributed by atoms with E-state index in [0.29, 0.717) is 6.42 Å². The van der Waals surface area contributed by atoms with E-state index in [1.807, 2.05) is 35.7 Å². The van der Waals surface area contributed by atoms with Crippen LogP contribution in [-0.2, 0) is 11.2 Å². The van der Waals surface area contributed by atoms with Crippen molar-refractivity contribution in [2.45, 2.75) is 25.7 Å². The van der Waals surface area contributed by atoms with E-state index >= 15 is 0 Å². The van der Waals surface area contributed by atoms with Gasteiger partial charge in [-0.05, 0) is 24.8 Å². The normalized spacial score (nSPS) is 14.4. The van der Waals surface area contributed by atoms with Gasteiger partial charge in [-0.3, -0.25) is 4.79 Å². The fourth-order valence-electron chi connectivity index (χ4n) is 2.31. The summed E-state index contributed by atoms with van der Waals surface area (Å²) >= 11 is 1.57. The molecule has 2 aromatic rings. The number of nitrogens with zero attached hydrogens (tertiary/aromatic N) is 1. The molecule has 0 N–H and O–H groups in total. The van der Waals surface area contributed by atoms with Crippen LogP contribution in [0.5, 0.6) is 0 Å². The number of hydrogen-bond acceptors (Lipinski definition) is 3. The molecule has 0 saturated carbocycles. The van der Waals surface area contributed by atoms with Crippen LogP contribution in [0.1, 0.15) is 24.3 Å². The van der Waals surface area contributed by atoms with Gasteiger partial charge in [0, 0.05) is 10.9 Å². The number of ketones is 1. The lowest BCUT2D eigenvalue weighted by Gasteiger charge is -1.98. The molecule has 96 valence electrons. The van der Waals surface area contributed by atoms with Gasteiger partial charge in [-0.2, -0.15) is 0 Å². The van der Waals surface area contributed by atoms with E-state index in [1.54, 1.807) is 11.3 Å². The van der Waals surface area contributed by atoms with Crippen LogP contribution in [0, 0.1) is 0 Å². The van der Waals surface area contributed by atoms with Crippen LogP contribution in [0.25, 0.3) is 11.3 Å². The maximum Gasteiger partial charge on any atom is 0.165 e. The van der Waals surface area contributed by atoms with Gasteiger partial charge in [-0.15, -0.1) is 11.3 Å². The molecule has 3 heteroatoms. The van der Waals surface area contributed by atoms with Crippen molar-refractivity contribution in [3.8, 4) is 11.3 Å². The number of carbonyl (C=O) groups is 1. The van der Waals surface area contributed by atoms with Gasteiger partial charge in [0.25, 0.3) is 0 Å². The summed E-state index contributed by atoms with van der Waals surface area (Å²) in [5.41, 5.74) is 3.07. The third-order valence-corrected chi connectivity index (χ3v) is 4.18. The molecule has 0 radical (unpaired) electrons. The van der Waals surface area contributed by atoms with Crippen molar-refractivity contribution >= 4 is 17.1 Å². The Morgan fingerprint density at radius 1 is 1.26 bits per heavy atom. The van der Waals surface area contributed by atoms with Gasteiger partial charge in [-0.25, -0.2) is 4.98 Å². The lowest BCUT2D eigenvalue weighted by atomic mass is 10.1. The predicted octanol–water partition coefficient (Wildman–Crippen LogP) is 4.03. The first-order chi connectivity index (χ1) is 9.33. The molecule has 0 fully saturated rings. The first-order valence-electron chi connectivity index (χ1n) is 6.55. The molecule has 0 amide bonds. The molecule has 0 aliphatic heterocycles. The summed E-state index contributed by atoms with van der Waals surface area (Å²) < 4.78 is 0. The molecule has 1 aliphatic rings. The zero-order valence-corrected chi connectivity index (χ0v) is 11.5. The van der Waals surface area contributed by atoms with E-state index in [1.165, 1.54) is 0 Å². The number of hydrogen-bond donors (Lipinski definition) is 0. The Hall–Kier alpha value is -1.74. The van der Waals surface area contributed by atoms with Crippen LogP contribution in [0.3, 0.4) is 0 Å². The summed E-state index contributed by atoms with van der Waals surface area (Å²) in [5.74, 6) is 0.242. The van der Waals surface area contributed by atoms with Gasteiger partial charge >= 0.3 is 0 Å². The van der Waals surface area contributed by atoms with Crippen LogP contribution in [0.2, 0.25) is 0 Å². The van der Waals surface area contributed by atoms with Crippen LogP contribution in [0.4, 0.5) is 0 Å². The Labute approximate surface area is 116 Å². The van der Waals surface area contributed by atoms with Gasteiger partial charge in [-0.1, -0.05) is 36.4 Å². The summed E-state index contributed by atoms with van der Waals surface area (Å²) in [6.45, 7) is 0. The van der Waals surface area contributed by atoms with Crippen molar-refractivity contribution in [3.05, 3.63) is 52.4 Å². The highest BCUT2D eigenvalue weighted by Crippen LogP contribution is 2.24. The lowest BCUT2D eigenvalue weighted by Crippen LogP contribution is -2.04. The largest absolute Gasteiger partial charge is 0.294 e. The summed E-state index contributed by atoms with van der Waals surface area (Å²) in [7, 11) is 0. The Kier molecular flexibility index (Phi) is 3.56. The SMILES string of the molecule is O=C(Cc1nc(-c2ccccc2)cs1)C1=CCCC1. The maximum atomic E-state index is 12.1. The predicted molar refractivity (Wildman–Crippen MR) is 78.2 cm³/mol. The standard InChI is InChI=1S/C16H15NOS/c18-15(13-8-4-5-9-13)10-16-17-14(11-19-16)12-6-2-1-3-7-12/h1-3,6-8,11H,4-5,9-10H2. The molecular formula is C16H15NOS. The van der Waals surface area contributed by atoms with E-state index in [-0.39, 0.29) is 5.78 Å². The maximum absolute atomic E-state index is 12.1. The van der Waals surface area contributed by atoms with Crippen molar-refractivity contribution in [3.63, 3.8) is 0 Å². The third-order valence-electron chi connectivity index (χ3n) is 3.33. The monoisotopic (exact) mass is 269 g/mol. The van der Waals surface area contributed by atoms with Crippen molar-refractivity contribution in [1.82, 2.24) is 4.98 Å². The van der Waals surface area contributed by atoms with E-state index in [2.05, 4.69) is 11.1 Å². The zero-order valence-electron chi connectivity index (χ0n) is 10.6. The van der Waals surface area contributed by atoms with Crippen molar-refractivity contribution in [2.24, 2.45) is 0 Å². The van der Waals surface area contributed by atoms with Gasteiger partial charge in [0.15, 0.2) is 5.78 Å². The van der Waals surface area contributed by atoms with Crippen LogP contribution < -0.4 is 0 Å². The zero-order chi connectivity index (χ0) is 13.1. The second-order valence-electron chi connectivity index (χ2n) is 4.71. The van der Waals surface area contributed by atoms with Crippen molar-refractivity contribution in [2.75, 3.05) is 0 Å². The van der Waals surface area contributed by atoms with Crippen molar-refractivity contribution in [1.29, 1.82) is 0 Å². The topological polar surface area (TPSA) is 30.0 Å². The molecule has 1 aromatic heterocycles.